The summed E-state index contributed by atoms with van der Waals surface area (Å²) in [7, 11) is 2.09. The van der Waals surface area contributed by atoms with Gasteiger partial charge < -0.3 is 15.0 Å². The topological polar surface area (TPSA) is 41.6 Å². The SMILES string of the molecule is CN1CCC2(C=Cc3cc(NC(=O)c4cccc(C(F)(F)F)c4)ccc3O2)CC1. The molecule has 4 nitrogen and oxygen atoms in total. The van der Waals surface area contributed by atoms with Crippen molar-refractivity contribution in [1.82, 2.24) is 4.90 Å². The number of carbonyl (C=O) groups excluding carboxylic acids is 1. The molecule has 2 aliphatic rings. The largest absolute Gasteiger partial charge is 0.482 e. The Hall–Kier alpha value is -2.80. The van der Waals surface area contributed by atoms with Crippen molar-refractivity contribution in [3.63, 3.8) is 0 Å². The van der Waals surface area contributed by atoms with Gasteiger partial charge in [-0.15, -0.1) is 0 Å². The van der Waals surface area contributed by atoms with E-state index in [1.54, 1.807) is 18.2 Å². The number of fused-ring (bicyclic) bond motifs is 1. The lowest BCUT2D eigenvalue weighted by Gasteiger charge is -2.40. The highest BCUT2D eigenvalue weighted by atomic mass is 19.4. The predicted octanol–water partition coefficient (Wildman–Crippen LogP) is 4.83. The molecular formula is C22H21F3N2O2. The lowest BCUT2D eigenvalue weighted by atomic mass is 9.88. The van der Waals surface area contributed by atoms with Crippen LogP contribution in [0.1, 0.15) is 34.3 Å². The van der Waals surface area contributed by atoms with E-state index in [4.69, 9.17) is 4.74 Å². The van der Waals surface area contributed by atoms with Crippen molar-refractivity contribution >= 4 is 17.7 Å². The zero-order valence-electron chi connectivity index (χ0n) is 15.9. The summed E-state index contributed by atoms with van der Waals surface area (Å²) in [6, 6.07) is 9.63. The van der Waals surface area contributed by atoms with Gasteiger partial charge in [-0.25, -0.2) is 0 Å². The highest BCUT2D eigenvalue weighted by Gasteiger charge is 2.36. The number of ether oxygens (including phenoxy) is 1. The van der Waals surface area contributed by atoms with Crippen LogP contribution in [-0.4, -0.2) is 36.5 Å². The second-order valence-electron chi connectivity index (χ2n) is 7.59. The van der Waals surface area contributed by atoms with Crippen molar-refractivity contribution in [2.75, 3.05) is 25.5 Å². The van der Waals surface area contributed by atoms with Gasteiger partial charge in [0.25, 0.3) is 5.91 Å². The van der Waals surface area contributed by atoms with Gasteiger partial charge in [0.2, 0.25) is 0 Å². The summed E-state index contributed by atoms with van der Waals surface area (Å²) >= 11 is 0. The number of nitrogens with zero attached hydrogens (tertiary/aromatic N) is 1. The smallest absolute Gasteiger partial charge is 0.416 e. The quantitative estimate of drug-likeness (QED) is 0.783. The third-order valence-corrected chi connectivity index (χ3v) is 5.43. The van der Waals surface area contributed by atoms with E-state index in [9.17, 15) is 18.0 Å². The second-order valence-corrected chi connectivity index (χ2v) is 7.59. The fourth-order valence-corrected chi connectivity index (χ4v) is 3.65. The van der Waals surface area contributed by atoms with Crippen LogP contribution in [0.3, 0.4) is 0 Å². The molecule has 29 heavy (non-hydrogen) atoms. The molecule has 152 valence electrons. The van der Waals surface area contributed by atoms with Crippen LogP contribution >= 0.6 is 0 Å². The van der Waals surface area contributed by atoms with E-state index >= 15 is 0 Å². The van der Waals surface area contributed by atoms with Gasteiger partial charge in [-0.1, -0.05) is 12.1 Å². The molecule has 1 spiro atoms. The molecular weight excluding hydrogens is 381 g/mol. The normalized spacial score (nSPS) is 18.2. The average Bonchev–Trinajstić information content (AvgIpc) is 2.70. The molecule has 1 N–H and O–H groups in total. The Kier molecular flexibility index (Phi) is 4.86. The van der Waals surface area contributed by atoms with Gasteiger partial charge in [0.15, 0.2) is 0 Å². The van der Waals surface area contributed by atoms with Crippen molar-refractivity contribution in [3.05, 3.63) is 65.2 Å². The predicted molar refractivity (Wildman–Crippen MR) is 105 cm³/mol. The highest BCUT2D eigenvalue weighted by Crippen LogP contribution is 2.38. The standard InChI is InChI=1S/C22H21F3N2O2/c1-27-11-9-21(10-12-27)8-7-15-14-18(5-6-19(15)29-21)26-20(28)16-3-2-4-17(13-16)22(23,24)25/h2-8,13-14H,9-12H2,1H3,(H,26,28). The minimum Gasteiger partial charge on any atom is -0.482 e. The molecule has 4 rings (SSSR count). The van der Waals surface area contributed by atoms with Crippen LogP contribution in [0.25, 0.3) is 6.08 Å². The van der Waals surface area contributed by atoms with Gasteiger partial charge >= 0.3 is 6.18 Å². The van der Waals surface area contributed by atoms with E-state index in [0.717, 1.165) is 49.4 Å². The summed E-state index contributed by atoms with van der Waals surface area (Å²) < 4.78 is 44.8. The first-order chi connectivity index (χ1) is 13.7. The van der Waals surface area contributed by atoms with Crippen molar-refractivity contribution in [2.24, 2.45) is 0 Å². The number of hydrogen-bond donors (Lipinski definition) is 1. The molecule has 1 saturated heterocycles. The molecule has 2 aromatic rings. The first kappa shape index (κ1) is 19.5. The maximum atomic E-state index is 12.9. The lowest BCUT2D eigenvalue weighted by Crippen LogP contribution is -2.46. The first-order valence-corrected chi connectivity index (χ1v) is 9.44. The molecule has 7 heteroatoms. The summed E-state index contributed by atoms with van der Waals surface area (Å²) in [6.45, 7) is 1.93. The Morgan fingerprint density at radius 1 is 1.14 bits per heavy atom. The van der Waals surface area contributed by atoms with Crippen LogP contribution in [0.4, 0.5) is 18.9 Å². The number of halogens is 3. The third kappa shape index (κ3) is 4.15. The van der Waals surface area contributed by atoms with E-state index in [0.29, 0.717) is 5.69 Å². The van der Waals surface area contributed by atoms with E-state index in [1.807, 2.05) is 6.08 Å². The number of hydrogen-bond acceptors (Lipinski definition) is 3. The van der Waals surface area contributed by atoms with Crippen molar-refractivity contribution in [3.8, 4) is 5.75 Å². The number of likely N-dealkylation sites (tertiary alicyclic amines) is 1. The van der Waals surface area contributed by atoms with Gasteiger partial charge in [-0.2, -0.15) is 13.2 Å². The third-order valence-electron chi connectivity index (χ3n) is 5.43. The zero-order valence-corrected chi connectivity index (χ0v) is 15.9. The Balaban J connectivity index is 1.49. The van der Waals surface area contributed by atoms with Gasteiger partial charge in [0.05, 0.1) is 5.56 Å². The number of alkyl halides is 3. The summed E-state index contributed by atoms with van der Waals surface area (Å²) in [5, 5.41) is 2.66. The molecule has 2 aliphatic heterocycles. The molecule has 0 atom stereocenters. The van der Waals surface area contributed by atoms with Gasteiger partial charge in [-0.05, 0) is 49.5 Å². The van der Waals surface area contributed by atoms with E-state index < -0.39 is 17.6 Å². The van der Waals surface area contributed by atoms with Crippen molar-refractivity contribution in [1.29, 1.82) is 0 Å². The summed E-state index contributed by atoms with van der Waals surface area (Å²) in [5.41, 5.74) is 0.141. The number of rotatable bonds is 2. The second kappa shape index (κ2) is 7.22. The monoisotopic (exact) mass is 402 g/mol. The molecule has 0 radical (unpaired) electrons. The fraction of sp³-hybridized carbons (Fsp3) is 0.318. The van der Waals surface area contributed by atoms with E-state index in [1.165, 1.54) is 12.1 Å². The molecule has 2 aromatic carbocycles. The molecule has 0 aromatic heterocycles. The lowest BCUT2D eigenvalue weighted by molar-refractivity contribution is -0.137. The van der Waals surface area contributed by atoms with Gasteiger partial charge in [0.1, 0.15) is 11.4 Å². The van der Waals surface area contributed by atoms with Gasteiger partial charge in [-0.3, -0.25) is 4.79 Å². The summed E-state index contributed by atoms with van der Waals surface area (Å²) in [6.07, 6.45) is 1.39. The number of nitrogens with one attached hydrogen (secondary N) is 1. The van der Waals surface area contributed by atoms with Crippen molar-refractivity contribution < 1.29 is 22.7 Å². The van der Waals surface area contributed by atoms with Crippen LogP contribution in [0.15, 0.2) is 48.5 Å². The van der Waals surface area contributed by atoms with Crippen LogP contribution in [0.5, 0.6) is 5.75 Å². The minimum absolute atomic E-state index is 0.0467. The number of amides is 1. The Labute approximate surface area is 167 Å². The first-order valence-electron chi connectivity index (χ1n) is 9.44. The summed E-state index contributed by atoms with van der Waals surface area (Å²) in [5.74, 6) is 0.151. The maximum absolute atomic E-state index is 12.9. The maximum Gasteiger partial charge on any atom is 0.416 e. The summed E-state index contributed by atoms with van der Waals surface area (Å²) in [4.78, 5) is 14.7. The Bertz CT molecular complexity index is 961. The molecule has 1 fully saturated rings. The number of benzene rings is 2. The zero-order chi connectivity index (χ0) is 20.6. The van der Waals surface area contributed by atoms with Crippen LogP contribution in [0, 0.1) is 0 Å². The molecule has 1 amide bonds. The van der Waals surface area contributed by atoms with Crippen molar-refractivity contribution in [2.45, 2.75) is 24.6 Å². The van der Waals surface area contributed by atoms with E-state index in [-0.39, 0.29) is 11.2 Å². The molecule has 2 heterocycles. The van der Waals surface area contributed by atoms with Crippen LogP contribution in [0.2, 0.25) is 0 Å². The highest BCUT2D eigenvalue weighted by molar-refractivity contribution is 6.04. The van der Waals surface area contributed by atoms with Crippen LogP contribution < -0.4 is 10.1 Å². The Morgan fingerprint density at radius 3 is 2.62 bits per heavy atom. The molecule has 0 bridgehead atoms. The fourth-order valence-electron chi connectivity index (χ4n) is 3.65. The molecule has 0 aliphatic carbocycles. The van der Waals surface area contributed by atoms with E-state index in [2.05, 4.69) is 23.3 Å². The minimum atomic E-state index is -4.49. The average molecular weight is 402 g/mol. The number of anilines is 1. The molecule has 0 unspecified atom stereocenters. The van der Waals surface area contributed by atoms with Crippen LogP contribution in [-0.2, 0) is 6.18 Å². The molecule has 0 saturated carbocycles. The van der Waals surface area contributed by atoms with Gasteiger partial charge in [0, 0.05) is 42.7 Å². The number of piperidine rings is 1. The number of carbonyl (C=O) groups is 1. The Morgan fingerprint density at radius 2 is 1.90 bits per heavy atom.